The maximum Gasteiger partial charge on any atom is 0.429 e. The largest absolute Gasteiger partial charge is 0.443 e. The smallest absolute Gasteiger partial charge is 0.429 e. The van der Waals surface area contributed by atoms with Gasteiger partial charge in [0.25, 0.3) is 0 Å². The fraction of sp³-hybridized carbons (Fsp3) is 0.267. The van der Waals surface area contributed by atoms with Crippen molar-refractivity contribution in [1.82, 2.24) is 10.4 Å². The van der Waals surface area contributed by atoms with Crippen molar-refractivity contribution in [3.8, 4) is 0 Å². The Kier molecular flexibility index (Phi) is 5.93. The molecular weight excluding hydrogens is 259 g/mol. The summed E-state index contributed by atoms with van der Waals surface area (Å²) in [6, 6.07) is 9.26. The summed E-state index contributed by atoms with van der Waals surface area (Å²) in [7, 11) is 1.51. The zero-order valence-corrected chi connectivity index (χ0v) is 11.9. The number of benzene rings is 1. The predicted molar refractivity (Wildman–Crippen MR) is 76.1 cm³/mol. The Balaban J connectivity index is 2.78. The molecule has 1 aromatic rings. The number of rotatable bonds is 5. The molecule has 0 bridgehead atoms. The van der Waals surface area contributed by atoms with Crippen molar-refractivity contribution in [2.45, 2.75) is 20.5 Å². The van der Waals surface area contributed by atoms with E-state index in [2.05, 4.69) is 12.0 Å². The second kappa shape index (κ2) is 7.45. The maximum absolute atomic E-state index is 13.4. The molecule has 0 unspecified atom stereocenters. The summed E-state index contributed by atoms with van der Waals surface area (Å²) in [5.74, 6) is -0.698. The van der Waals surface area contributed by atoms with Crippen LogP contribution < -0.4 is 5.43 Å². The number of halogens is 1. The number of amides is 1. The van der Waals surface area contributed by atoms with Crippen molar-refractivity contribution in [2.24, 2.45) is 0 Å². The van der Waals surface area contributed by atoms with Crippen molar-refractivity contribution >= 4 is 6.09 Å². The second-order valence-corrected chi connectivity index (χ2v) is 4.35. The van der Waals surface area contributed by atoms with Gasteiger partial charge in [-0.05, 0) is 25.0 Å². The summed E-state index contributed by atoms with van der Waals surface area (Å²) in [5.41, 5.74) is 4.15. The molecule has 0 spiro atoms. The number of allylic oxidation sites excluding steroid dienone is 2. The SMILES string of the molecule is C=C(F)C(=C(C)C)N(NC)C(=O)OCc1ccccc1. The lowest BCUT2D eigenvalue weighted by molar-refractivity contribution is 0.0940. The number of ether oxygens (including phenoxy) is 1. The van der Waals surface area contributed by atoms with Gasteiger partial charge in [0.15, 0.2) is 0 Å². The quantitative estimate of drug-likeness (QED) is 0.661. The minimum absolute atomic E-state index is 0.0746. The summed E-state index contributed by atoms with van der Waals surface area (Å²) >= 11 is 0. The third-order valence-electron chi connectivity index (χ3n) is 2.57. The van der Waals surface area contributed by atoms with Crippen LogP contribution in [0.2, 0.25) is 0 Å². The van der Waals surface area contributed by atoms with Gasteiger partial charge in [-0.3, -0.25) is 0 Å². The van der Waals surface area contributed by atoms with Crippen LogP contribution in [-0.2, 0) is 11.3 Å². The standard InChI is InChI=1S/C15H19FN2O2/c1-11(2)14(12(3)16)18(17-4)15(19)20-10-13-8-6-5-7-9-13/h5-9,17H,3,10H2,1-2,4H3. The first-order chi connectivity index (χ1) is 9.47. The van der Waals surface area contributed by atoms with E-state index in [-0.39, 0.29) is 12.3 Å². The number of carbonyl (C=O) groups is 1. The van der Waals surface area contributed by atoms with Gasteiger partial charge < -0.3 is 4.74 Å². The fourth-order valence-corrected chi connectivity index (χ4v) is 1.69. The Hall–Kier alpha value is -2.14. The highest BCUT2D eigenvalue weighted by molar-refractivity contribution is 5.70. The van der Waals surface area contributed by atoms with Gasteiger partial charge in [0.05, 0.1) is 5.70 Å². The summed E-state index contributed by atoms with van der Waals surface area (Å²) < 4.78 is 18.6. The molecule has 0 aliphatic heterocycles. The van der Waals surface area contributed by atoms with Crippen molar-refractivity contribution in [2.75, 3.05) is 7.05 Å². The van der Waals surface area contributed by atoms with Gasteiger partial charge in [-0.1, -0.05) is 36.9 Å². The fourth-order valence-electron chi connectivity index (χ4n) is 1.69. The summed E-state index contributed by atoms with van der Waals surface area (Å²) in [6.45, 7) is 6.73. The summed E-state index contributed by atoms with van der Waals surface area (Å²) in [4.78, 5) is 12.0. The molecule has 0 fully saturated rings. The minimum Gasteiger partial charge on any atom is -0.443 e. The van der Waals surface area contributed by atoms with Gasteiger partial charge in [0.1, 0.15) is 12.4 Å². The Morgan fingerprint density at radius 3 is 2.40 bits per heavy atom. The minimum atomic E-state index is -0.698. The van der Waals surface area contributed by atoms with E-state index in [4.69, 9.17) is 4.74 Å². The van der Waals surface area contributed by atoms with Gasteiger partial charge in [0, 0.05) is 7.05 Å². The van der Waals surface area contributed by atoms with Crippen LogP contribution >= 0.6 is 0 Å². The molecule has 1 N–H and O–H groups in total. The first-order valence-electron chi connectivity index (χ1n) is 6.17. The van der Waals surface area contributed by atoms with Crippen LogP contribution in [0.3, 0.4) is 0 Å². The highest BCUT2D eigenvalue weighted by Gasteiger charge is 2.21. The molecule has 20 heavy (non-hydrogen) atoms. The maximum atomic E-state index is 13.4. The van der Waals surface area contributed by atoms with Crippen molar-refractivity contribution < 1.29 is 13.9 Å². The molecule has 1 rings (SSSR count). The van der Waals surface area contributed by atoms with E-state index in [1.807, 2.05) is 30.3 Å². The Bertz CT molecular complexity index is 508. The lowest BCUT2D eigenvalue weighted by Gasteiger charge is -2.23. The van der Waals surface area contributed by atoms with Gasteiger partial charge in [-0.2, -0.15) is 0 Å². The number of hydrogen-bond donors (Lipinski definition) is 1. The third kappa shape index (κ3) is 4.20. The monoisotopic (exact) mass is 278 g/mol. The first kappa shape index (κ1) is 15.9. The van der Waals surface area contributed by atoms with Crippen molar-refractivity contribution in [3.63, 3.8) is 0 Å². The van der Waals surface area contributed by atoms with Crippen LogP contribution in [-0.4, -0.2) is 18.1 Å². The van der Waals surface area contributed by atoms with E-state index < -0.39 is 11.9 Å². The number of nitrogens with one attached hydrogen (secondary N) is 1. The van der Waals surface area contributed by atoms with E-state index in [0.29, 0.717) is 5.57 Å². The molecule has 5 heteroatoms. The average molecular weight is 278 g/mol. The van der Waals surface area contributed by atoms with Crippen LogP contribution in [0.25, 0.3) is 0 Å². The first-order valence-corrected chi connectivity index (χ1v) is 6.17. The van der Waals surface area contributed by atoms with E-state index in [1.165, 1.54) is 7.05 Å². The highest BCUT2D eigenvalue weighted by Crippen LogP contribution is 2.18. The molecule has 1 amide bonds. The Morgan fingerprint density at radius 1 is 1.35 bits per heavy atom. The summed E-state index contributed by atoms with van der Waals surface area (Å²) in [5, 5.41) is 1.00. The molecular formula is C15H19FN2O2. The summed E-state index contributed by atoms with van der Waals surface area (Å²) in [6.07, 6.45) is -0.689. The normalized spacial score (nSPS) is 9.80. The van der Waals surface area contributed by atoms with Crippen molar-refractivity contribution in [1.29, 1.82) is 0 Å². The number of hydrazine groups is 1. The third-order valence-corrected chi connectivity index (χ3v) is 2.57. The van der Waals surface area contributed by atoms with Gasteiger partial charge in [-0.15, -0.1) is 0 Å². The lowest BCUT2D eigenvalue weighted by Crippen LogP contribution is -2.40. The van der Waals surface area contributed by atoms with Crippen LogP contribution in [0.4, 0.5) is 9.18 Å². The molecule has 0 aliphatic carbocycles. The number of hydrogen-bond acceptors (Lipinski definition) is 3. The van der Waals surface area contributed by atoms with Gasteiger partial charge >= 0.3 is 6.09 Å². The Morgan fingerprint density at radius 2 is 1.95 bits per heavy atom. The molecule has 0 heterocycles. The van der Waals surface area contributed by atoms with Crippen LogP contribution in [0.15, 0.2) is 54.0 Å². The molecule has 0 saturated heterocycles. The predicted octanol–water partition coefficient (Wildman–Crippen LogP) is 3.54. The molecule has 1 aromatic carbocycles. The van der Waals surface area contributed by atoms with Gasteiger partial charge in [0.2, 0.25) is 0 Å². The highest BCUT2D eigenvalue weighted by atomic mass is 19.1. The molecule has 0 aromatic heterocycles. The van der Waals surface area contributed by atoms with Crippen LogP contribution in [0.5, 0.6) is 0 Å². The number of carbonyl (C=O) groups excluding carboxylic acids is 1. The van der Waals surface area contributed by atoms with E-state index >= 15 is 0 Å². The zero-order chi connectivity index (χ0) is 15.1. The molecule has 0 radical (unpaired) electrons. The van der Waals surface area contributed by atoms with E-state index in [0.717, 1.165) is 10.6 Å². The molecule has 108 valence electrons. The van der Waals surface area contributed by atoms with Crippen molar-refractivity contribution in [3.05, 3.63) is 59.6 Å². The molecule has 0 saturated carbocycles. The molecule has 4 nitrogen and oxygen atoms in total. The lowest BCUT2D eigenvalue weighted by atomic mass is 10.2. The van der Waals surface area contributed by atoms with Crippen LogP contribution in [0, 0.1) is 0 Å². The van der Waals surface area contributed by atoms with Gasteiger partial charge in [-0.25, -0.2) is 19.6 Å². The molecule has 0 aliphatic rings. The second-order valence-electron chi connectivity index (χ2n) is 4.35. The van der Waals surface area contributed by atoms with E-state index in [9.17, 15) is 9.18 Å². The molecule has 0 atom stereocenters. The topological polar surface area (TPSA) is 41.6 Å². The zero-order valence-electron chi connectivity index (χ0n) is 11.9. The van der Waals surface area contributed by atoms with E-state index in [1.54, 1.807) is 13.8 Å². The Labute approximate surface area is 118 Å². The van der Waals surface area contributed by atoms with Crippen LogP contribution in [0.1, 0.15) is 19.4 Å². The number of nitrogens with zero attached hydrogens (tertiary/aromatic N) is 1. The average Bonchev–Trinajstić information content (AvgIpc) is 2.42.